The maximum Gasteiger partial charge on any atom is 0.338 e. The van der Waals surface area contributed by atoms with Gasteiger partial charge in [-0.25, -0.2) is 13.2 Å². The van der Waals surface area contributed by atoms with E-state index in [1.165, 1.54) is 17.0 Å². The molecule has 0 saturated carbocycles. The van der Waals surface area contributed by atoms with E-state index < -0.39 is 28.3 Å². The summed E-state index contributed by atoms with van der Waals surface area (Å²) in [7, 11) is -3.62. The van der Waals surface area contributed by atoms with Gasteiger partial charge in [-0.05, 0) is 42.5 Å². The second kappa shape index (κ2) is 8.37. The molecule has 1 amide bonds. The number of halogens is 1. The first-order valence-electron chi connectivity index (χ1n) is 9.11. The summed E-state index contributed by atoms with van der Waals surface area (Å²) < 4.78 is 28.9. The van der Waals surface area contributed by atoms with Gasteiger partial charge in [-0.1, -0.05) is 47.6 Å². The molecule has 0 aromatic heterocycles. The molecule has 0 spiro atoms. The van der Waals surface area contributed by atoms with E-state index in [1.807, 2.05) is 48.5 Å². The van der Waals surface area contributed by atoms with Crippen LogP contribution in [-0.2, 0) is 19.4 Å². The number of amides is 1. The van der Waals surface area contributed by atoms with Crippen LogP contribution in [0.3, 0.4) is 0 Å². The molecule has 9 heteroatoms. The zero-order valence-electron chi connectivity index (χ0n) is 16.2. The molecule has 1 aliphatic rings. The highest BCUT2D eigenvalue weighted by molar-refractivity contribution is 7.99. The summed E-state index contributed by atoms with van der Waals surface area (Å²) in [5, 5.41) is 0.00848. The Balaban J connectivity index is 1.57. The largest absolute Gasteiger partial charge is 0.452 e. The number of carbonyl (C=O) groups is 2. The van der Waals surface area contributed by atoms with Crippen molar-refractivity contribution in [3.63, 3.8) is 0 Å². The van der Waals surface area contributed by atoms with Crippen LogP contribution in [0, 0.1) is 0 Å². The van der Waals surface area contributed by atoms with Gasteiger partial charge in [0.25, 0.3) is 5.91 Å². The lowest BCUT2D eigenvalue weighted by atomic mass is 10.2. The lowest BCUT2D eigenvalue weighted by molar-refractivity contribution is -0.121. The minimum absolute atomic E-state index is 0.00683. The average Bonchev–Trinajstić information content (AvgIpc) is 2.75. The molecule has 3 aromatic carbocycles. The Bertz CT molecular complexity index is 1260. The summed E-state index contributed by atoms with van der Waals surface area (Å²) in [5.74, 6) is -1.24. The molecule has 1 aliphatic heterocycles. The number of anilines is 2. The fourth-order valence-corrected chi connectivity index (χ4v) is 5.52. The summed E-state index contributed by atoms with van der Waals surface area (Å²) in [6.45, 7) is -0.511. The smallest absolute Gasteiger partial charge is 0.338 e. The van der Waals surface area contributed by atoms with Crippen LogP contribution in [-0.4, -0.2) is 33.2 Å². The van der Waals surface area contributed by atoms with Crippen LogP contribution < -0.4 is 4.90 Å². The first kappa shape index (κ1) is 21.4. The Kier molecular flexibility index (Phi) is 5.79. The molecule has 0 N–H and O–H groups in total. The second-order valence-corrected chi connectivity index (χ2v) is 10.2. The number of carbonyl (C=O) groups excluding carboxylic acids is 2. The summed E-state index contributed by atoms with van der Waals surface area (Å²) in [6, 6.07) is 18.8. The first-order chi connectivity index (χ1) is 14.8. The predicted molar refractivity (Wildman–Crippen MR) is 119 cm³/mol. The summed E-state index contributed by atoms with van der Waals surface area (Å²) in [5.41, 5.74) is 1.41. The van der Waals surface area contributed by atoms with Gasteiger partial charge < -0.3 is 4.74 Å². The summed E-state index contributed by atoms with van der Waals surface area (Å²) >= 11 is 7.48. The van der Waals surface area contributed by atoms with Crippen LogP contribution in [0.5, 0.6) is 0 Å². The molecule has 158 valence electrons. The predicted octanol–water partition coefficient (Wildman–Crippen LogP) is 4.73. The van der Waals surface area contributed by atoms with Crippen molar-refractivity contribution in [2.24, 2.45) is 0 Å². The number of para-hydroxylation sites is 2. The molecule has 0 fully saturated rings. The van der Waals surface area contributed by atoms with Crippen LogP contribution in [0.2, 0.25) is 5.02 Å². The standard InChI is InChI=1S/C22H16ClNO5S2/c1-31(27,28)20-12-14(10-11-15(20)23)22(26)29-13-21(25)24-16-6-2-4-8-18(16)30-19-9-5-3-7-17(19)24/h2-12H,13H2,1H3. The quantitative estimate of drug-likeness (QED) is 0.509. The maximum atomic E-state index is 13.1. The van der Waals surface area contributed by atoms with E-state index in [-0.39, 0.29) is 15.5 Å². The Morgan fingerprint density at radius 3 is 2.13 bits per heavy atom. The van der Waals surface area contributed by atoms with E-state index in [4.69, 9.17) is 16.3 Å². The van der Waals surface area contributed by atoms with Gasteiger partial charge in [-0.15, -0.1) is 0 Å². The zero-order valence-corrected chi connectivity index (χ0v) is 18.6. The van der Waals surface area contributed by atoms with Crippen molar-refractivity contribution in [3.8, 4) is 0 Å². The third-order valence-electron chi connectivity index (χ3n) is 4.57. The van der Waals surface area contributed by atoms with Crippen molar-refractivity contribution in [2.45, 2.75) is 14.7 Å². The van der Waals surface area contributed by atoms with Crippen molar-refractivity contribution in [3.05, 3.63) is 77.3 Å². The number of hydrogen-bond acceptors (Lipinski definition) is 6. The van der Waals surface area contributed by atoms with Crippen LogP contribution in [0.15, 0.2) is 81.4 Å². The van der Waals surface area contributed by atoms with Crippen LogP contribution in [0.4, 0.5) is 11.4 Å². The van der Waals surface area contributed by atoms with Crippen LogP contribution in [0.1, 0.15) is 10.4 Å². The van der Waals surface area contributed by atoms with Crippen molar-refractivity contribution < 1.29 is 22.7 Å². The molecule has 0 bridgehead atoms. The van der Waals surface area contributed by atoms with Crippen molar-refractivity contribution in [1.82, 2.24) is 0 Å². The highest BCUT2D eigenvalue weighted by atomic mass is 35.5. The number of sulfone groups is 1. The number of hydrogen-bond donors (Lipinski definition) is 0. The van der Waals surface area contributed by atoms with E-state index in [0.717, 1.165) is 22.1 Å². The molecular weight excluding hydrogens is 458 g/mol. The minimum atomic E-state index is -3.62. The van der Waals surface area contributed by atoms with Gasteiger partial charge in [0.15, 0.2) is 16.4 Å². The lowest BCUT2D eigenvalue weighted by Gasteiger charge is -2.30. The summed E-state index contributed by atoms with van der Waals surface area (Å²) in [6.07, 6.45) is 0.996. The van der Waals surface area contributed by atoms with E-state index in [2.05, 4.69) is 0 Å². The van der Waals surface area contributed by atoms with Gasteiger partial charge in [0.05, 0.1) is 26.9 Å². The molecule has 0 atom stereocenters. The number of ether oxygens (including phenoxy) is 1. The molecular formula is C22H16ClNO5S2. The van der Waals surface area contributed by atoms with E-state index in [1.54, 1.807) is 11.8 Å². The molecule has 4 rings (SSSR count). The molecule has 1 heterocycles. The summed E-state index contributed by atoms with van der Waals surface area (Å²) in [4.78, 5) is 28.7. The Labute approximate surface area is 188 Å². The van der Waals surface area contributed by atoms with E-state index in [0.29, 0.717) is 11.4 Å². The van der Waals surface area contributed by atoms with Crippen molar-refractivity contribution >= 4 is 56.5 Å². The van der Waals surface area contributed by atoms with Crippen molar-refractivity contribution in [2.75, 3.05) is 17.8 Å². The van der Waals surface area contributed by atoms with Gasteiger partial charge in [0, 0.05) is 16.0 Å². The molecule has 6 nitrogen and oxygen atoms in total. The number of fused-ring (bicyclic) bond motifs is 2. The Hall–Kier alpha value is -2.81. The fraction of sp³-hybridized carbons (Fsp3) is 0.0909. The fourth-order valence-electron chi connectivity index (χ4n) is 3.16. The molecule has 31 heavy (non-hydrogen) atoms. The molecule has 0 aliphatic carbocycles. The topological polar surface area (TPSA) is 80.7 Å². The molecule has 0 radical (unpaired) electrons. The molecule has 0 saturated heterocycles. The van der Waals surface area contributed by atoms with Gasteiger partial charge in [0.2, 0.25) is 0 Å². The average molecular weight is 474 g/mol. The Morgan fingerprint density at radius 1 is 0.968 bits per heavy atom. The van der Waals surface area contributed by atoms with Gasteiger partial charge in [-0.3, -0.25) is 9.69 Å². The third-order valence-corrected chi connectivity index (χ3v) is 7.28. The molecule has 0 unspecified atom stereocenters. The normalized spacial score (nSPS) is 12.6. The maximum absolute atomic E-state index is 13.1. The number of benzene rings is 3. The van der Waals surface area contributed by atoms with E-state index in [9.17, 15) is 18.0 Å². The second-order valence-electron chi connectivity index (χ2n) is 6.76. The van der Waals surface area contributed by atoms with Crippen LogP contribution >= 0.6 is 23.4 Å². The Morgan fingerprint density at radius 2 is 1.55 bits per heavy atom. The minimum Gasteiger partial charge on any atom is -0.452 e. The number of esters is 1. The lowest BCUT2D eigenvalue weighted by Crippen LogP contribution is -2.32. The van der Waals surface area contributed by atoms with Crippen LogP contribution in [0.25, 0.3) is 0 Å². The first-order valence-corrected chi connectivity index (χ1v) is 12.2. The molecule has 3 aromatic rings. The van der Waals surface area contributed by atoms with Gasteiger partial charge >= 0.3 is 5.97 Å². The van der Waals surface area contributed by atoms with E-state index >= 15 is 0 Å². The zero-order chi connectivity index (χ0) is 22.2. The highest BCUT2D eigenvalue weighted by Gasteiger charge is 2.28. The van der Waals surface area contributed by atoms with Gasteiger partial charge in [0.1, 0.15) is 0 Å². The highest BCUT2D eigenvalue weighted by Crippen LogP contribution is 2.47. The monoisotopic (exact) mass is 473 g/mol. The van der Waals surface area contributed by atoms with Gasteiger partial charge in [-0.2, -0.15) is 0 Å². The van der Waals surface area contributed by atoms with Crippen molar-refractivity contribution in [1.29, 1.82) is 0 Å². The third kappa shape index (κ3) is 4.32. The SMILES string of the molecule is CS(=O)(=O)c1cc(C(=O)OCC(=O)N2c3ccccc3Sc3ccccc32)ccc1Cl. The number of rotatable bonds is 4. The number of nitrogens with zero attached hydrogens (tertiary/aromatic N) is 1.